The van der Waals surface area contributed by atoms with Gasteiger partial charge in [-0.2, -0.15) is 0 Å². The summed E-state index contributed by atoms with van der Waals surface area (Å²) in [5.74, 6) is -1.05. The van der Waals surface area contributed by atoms with Crippen molar-refractivity contribution in [3.8, 4) is 0 Å². The van der Waals surface area contributed by atoms with E-state index in [4.69, 9.17) is 12.2 Å². The molecule has 36 heavy (non-hydrogen) atoms. The van der Waals surface area contributed by atoms with E-state index in [1.165, 1.54) is 4.90 Å². The highest BCUT2D eigenvalue weighted by Crippen LogP contribution is 2.46. The number of thiocarbonyl (C=S) groups is 1. The number of benzene rings is 3. The molecular formula is C27H20BrN3O3S2. The molecule has 2 heterocycles. The quantitative estimate of drug-likeness (QED) is 0.308. The summed E-state index contributed by atoms with van der Waals surface area (Å²) in [6.45, 7) is 1.73. The number of para-hydroxylation sites is 1. The Morgan fingerprint density at radius 3 is 2.47 bits per heavy atom. The van der Waals surface area contributed by atoms with Crippen molar-refractivity contribution in [2.24, 2.45) is 0 Å². The molecule has 0 radical (unpaired) electrons. The van der Waals surface area contributed by atoms with Crippen LogP contribution in [0.1, 0.15) is 24.1 Å². The van der Waals surface area contributed by atoms with E-state index in [1.807, 2.05) is 55.5 Å². The molecular weight excluding hydrogens is 558 g/mol. The molecule has 3 aromatic rings. The second kappa shape index (κ2) is 10.0. The third-order valence-electron chi connectivity index (χ3n) is 6.03. The van der Waals surface area contributed by atoms with Crippen LogP contribution in [0, 0.1) is 0 Å². The maximum absolute atomic E-state index is 13.6. The van der Waals surface area contributed by atoms with E-state index in [0.717, 1.165) is 21.8 Å². The highest BCUT2D eigenvalue weighted by Gasteiger charge is 2.43. The molecule has 0 aliphatic carbocycles. The van der Waals surface area contributed by atoms with Crippen molar-refractivity contribution >= 4 is 78.9 Å². The van der Waals surface area contributed by atoms with Gasteiger partial charge in [-0.05, 0) is 36.8 Å². The summed E-state index contributed by atoms with van der Waals surface area (Å²) in [4.78, 5) is 43.3. The number of halogens is 1. The Morgan fingerprint density at radius 2 is 1.72 bits per heavy atom. The largest absolute Gasteiger partial charge is 0.324 e. The van der Waals surface area contributed by atoms with Crippen LogP contribution in [-0.2, 0) is 14.4 Å². The van der Waals surface area contributed by atoms with E-state index < -0.39 is 5.91 Å². The van der Waals surface area contributed by atoms with Crippen LogP contribution in [0.25, 0.3) is 5.57 Å². The van der Waals surface area contributed by atoms with Crippen LogP contribution in [0.3, 0.4) is 0 Å². The topological polar surface area (TPSA) is 69.7 Å². The fourth-order valence-corrected chi connectivity index (χ4v) is 6.20. The number of hydrogen-bond acceptors (Lipinski definition) is 5. The SMILES string of the molecule is C[C@H](c1ccccc1)N1C(=O)/C(=C2/C(=O)N(CC(=O)Nc3cccc(Br)c3)c3ccccc32)SC1=S. The van der Waals surface area contributed by atoms with Gasteiger partial charge in [0.2, 0.25) is 5.91 Å². The summed E-state index contributed by atoms with van der Waals surface area (Å²) < 4.78 is 1.23. The molecule has 0 bridgehead atoms. The van der Waals surface area contributed by atoms with Gasteiger partial charge in [0, 0.05) is 15.7 Å². The Kier molecular flexibility index (Phi) is 6.79. The zero-order valence-electron chi connectivity index (χ0n) is 19.1. The maximum Gasteiger partial charge on any atom is 0.267 e. The van der Waals surface area contributed by atoms with Crippen molar-refractivity contribution in [3.05, 3.63) is 99.4 Å². The molecule has 0 unspecified atom stereocenters. The summed E-state index contributed by atoms with van der Waals surface area (Å²) >= 11 is 10.1. The number of hydrogen-bond donors (Lipinski definition) is 1. The van der Waals surface area contributed by atoms with Gasteiger partial charge >= 0.3 is 0 Å². The van der Waals surface area contributed by atoms with Crippen LogP contribution >= 0.6 is 39.9 Å². The molecule has 0 saturated carbocycles. The van der Waals surface area contributed by atoms with Crippen LogP contribution in [0.15, 0.2) is 88.2 Å². The van der Waals surface area contributed by atoms with Gasteiger partial charge in [0.1, 0.15) is 10.9 Å². The van der Waals surface area contributed by atoms with Gasteiger partial charge in [-0.1, -0.05) is 94.5 Å². The highest BCUT2D eigenvalue weighted by molar-refractivity contribution is 9.10. The fourth-order valence-electron chi connectivity index (χ4n) is 4.31. The third kappa shape index (κ3) is 4.50. The van der Waals surface area contributed by atoms with E-state index >= 15 is 0 Å². The average molecular weight is 579 g/mol. The van der Waals surface area contributed by atoms with Crippen molar-refractivity contribution in [2.45, 2.75) is 13.0 Å². The minimum atomic E-state index is -0.395. The minimum absolute atomic E-state index is 0.188. The molecule has 0 aromatic heterocycles. The first kappa shape index (κ1) is 24.4. The summed E-state index contributed by atoms with van der Waals surface area (Å²) in [5.41, 5.74) is 3.05. The van der Waals surface area contributed by atoms with Crippen LogP contribution in [0.4, 0.5) is 11.4 Å². The van der Waals surface area contributed by atoms with E-state index in [2.05, 4.69) is 21.2 Å². The van der Waals surface area contributed by atoms with Crippen molar-refractivity contribution in [1.29, 1.82) is 0 Å². The zero-order valence-corrected chi connectivity index (χ0v) is 22.3. The van der Waals surface area contributed by atoms with Crippen molar-refractivity contribution < 1.29 is 14.4 Å². The first-order chi connectivity index (χ1) is 17.3. The second-order valence-corrected chi connectivity index (χ2v) is 10.9. The zero-order chi connectivity index (χ0) is 25.4. The van der Waals surface area contributed by atoms with Crippen LogP contribution in [0.2, 0.25) is 0 Å². The fraction of sp³-hybridized carbons (Fsp3) is 0.111. The number of carbonyl (C=O) groups excluding carboxylic acids is 3. The normalized spacial score (nSPS) is 18.0. The molecule has 180 valence electrons. The monoisotopic (exact) mass is 577 g/mol. The predicted octanol–water partition coefficient (Wildman–Crippen LogP) is 5.77. The van der Waals surface area contributed by atoms with Gasteiger partial charge in [0.05, 0.1) is 22.2 Å². The Bertz CT molecular complexity index is 1440. The molecule has 1 atom stereocenters. The summed E-state index contributed by atoms with van der Waals surface area (Å²) in [5, 5.41) is 2.82. The van der Waals surface area contributed by atoms with E-state index in [9.17, 15) is 14.4 Å². The van der Waals surface area contributed by atoms with Crippen molar-refractivity contribution in [2.75, 3.05) is 16.8 Å². The number of amides is 3. The second-order valence-electron chi connectivity index (χ2n) is 8.30. The van der Waals surface area contributed by atoms with Gasteiger partial charge in [-0.3, -0.25) is 24.2 Å². The lowest BCUT2D eigenvalue weighted by Gasteiger charge is -2.23. The highest BCUT2D eigenvalue weighted by atomic mass is 79.9. The van der Waals surface area contributed by atoms with Crippen LogP contribution in [-0.4, -0.2) is 33.5 Å². The Labute approximate surface area is 226 Å². The molecule has 3 amide bonds. The summed E-state index contributed by atoms with van der Waals surface area (Å²) in [7, 11) is 0. The Balaban J connectivity index is 1.46. The third-order valence-corrected chi connectivity index (χ3v) is 7.92. The molecule has 6 nitrogen and oxygen atoms in total. The molecule has 3 aromatic carbocycles. The number of nitrogens with zero attached hydrogens (tertiary/aromatic N) is 2. The van der Waals surface area contributed by atoms with E-state index in [-0.39, 0.29) is 34.9 Å². The van der Waals surface area contributed by atoms with E-state index in [1.54, 1.807) is 35.2 Å². The number of thioether (sulfide) groups is 1. The van der Waals surface area contributed by atoms with Gasteiger partial charge in [-0.25, -0.2) is 0 Å². The first-order valence-corrected chi connectivity index (χ1v) is 13.2. The van der Waals surface area contributed by atoms with E-state index in [0.29, 0.717) is 21.3 Å². The molecule has 0 spiro atoms. The van der Waals surface area contributed by atoms with Crippen molar-refractivity contribution in [3.63, 3.8) is 0 Å². The van der Waals surface area contributed by atoms with Crippen LogP contribution in [0.5, 0.6) is 0 Å². The van der Waals surface area contributed by atoms with Gasteiger partial charge in [0.15, 0.2) is 0 Å². The molecule has 2 aliphatic heterocycles. The lowest BCUT2D eigenvalue weighted by molar-refractivity contribution is -0.123. The standard InChI is InChI=1S/C27H20BrN3O3S2/c1-16(17-8-3-2-4-9-17)31-26(34)24(36-27(31)35)23-20-12-5-6-13-21(20)30(25(23)33)15-22(32)29-19-11-7-10-18(28)14-19/h2-14,16H,15H2,1H3,(H,29,32)/b24-23-/t16-/m1/s1. The molecule has 5 rings (SSSR count). The Hall–Kier alpha value is -3.27. The predicted molar refractivity (Wildman–Crippen MR) is 150 cm³/mol. The van der Waals surface area contributed by atoms with Crippen LogP contribution < -0.4 is 10.2 Å². The number of nitrogens with one attached hydrogen (secondary N) is 1. The lowest BCUT2D eigenvalue weighted by Crippen LogP contribution is -2.35. The van der Waals surface area contributed by atoms with Gasteiger partial charge in [0.25, 0.3) is 11.8 Å². The molecule has 9 heteroatoms. The summed E-state index contributed by atoms with van der Waals surface area (Å²) in [6, 6.07) is 23.7. The number of anilines is 2. The maximum atomic E-state index is 13.6. The van der Waals surface area contributed by atoms with Gasteiger partial charge < -0.3 is 5.32 Å². The summed E-state index contributed by atoms with van der Waals surface area (Å²) in [6.07, 6.45) is 0. The molecule has 1 fully saturated rings. The number of carbonyl (C=O) groups is 3. The Morgan fingerprint density at radius 1 is 1.00 bits per heavy atom. The number of fused-ring (bicyclic) bond motifs is 1. The average Bonchev–Trinajstić information content (AvgIpc) is 3.31. The number of rotatable bonds is 5. The van der Waals surface area contributed by atoms with Gasteiger partial charge in [-0.15, -0.1) is 0 Å². The molecule has 1 N–H and O–H groups in total. The molecule has 2 aliphatic rings. The van der Waals surface area contributed by atoms with Crippen molar-refractivity contribution in [1.82, 2.24) is 4.90 Å². The minimum Gasteiger partial charge on any atom is -0.324 e. The first-order valence-electron chi connectivity index (χ1n) is 11.2. The lowest BCUT2D eigenvalue weighted by atomic mass is 10.1. The molecule has 1 saturated heterocycles. The smallest absolute Gasteiger partial charge is 0.267 e.